The van der Waals surface area contributed by atoms with Crippen molar-refractivity contribution in [2.24, 2.45) is 0 Å². The molecule has 0 bridgehead atoms. The predicted molar refractivity (Wildman–Crippen MR) is 70.2 cm³/mol. The van der Waals surface area contributed by atoms with Crippen molar-refractivity contribution in [1.82, 2.24) is 15.6 Å². The van der Waals surface area contributed by atoms with Crippen molar-refractivity contribution in [2.75, 3.05) is 13.1 Å². The standard InChI is InChI=1S/C13H21N3O2/c1-13(2,3)18-12(17)16-9-8-14-10-11-6-4-5-7-15-11/h4-7,14H,8-10H2,1-3H3,(H,16,17). The van der Waals surface area contributed by atoms with Gasteiger partial charge in [0.05, 0.1) is 5.69 Å². The number of hydrogen-bond donors (Lipinski definition) is 2. The molecule has 18 heavy (non-hydrogen) atoms. The number of alkyl carbamates (subject to hydrolysis) is 1. The lowest BCUT2D eigenvalue weighted by Gasteiger charge is -2.19. The second kappa shape index (κ2) is 6.96. The summed E-state index contributed by atoms with van der Waals surface area (Å²) in [7, 11) is 0. The van der Waals surface area contributed by atoms with Crippen molar-refractivity contribution in [1.29, 1.82) is 0 Å². The number of amides is 1. The minimum absolute atomic E-state index is 0.387. The summed E-state index contributed by atoms with van der Waals surface area (Å²) in [5.41, 5.74) is 0.528. The van der Waals surface area contributed by atoms with Crippen LogP contribution in [0.3, 0.4) is 0 Å². The number of carbonyl (C=O) groups is 1. The zero-order valence-electron chi connectivity index (χ0n) is 11.2. The van der Waals surface area contributed by atoms with Crippen LogP contribution in [0.15, 0.2) is 24.4 Å². The van der Waals surface area contributed by atoms with Gasteiger partial charge in [-0.05, 0) is 32.9 Å². The maximum atomic E-state index is 11.3. The highest BCUT2D eigenvalue weighted by Gasteiger charge is 2.15. The average molecular weight is 251 g/mol. The fraction of sp³-hybridized carbons (Fsp3) is 0.538. The van der Waals surface area contributed by atoms with Crippen LogP contribution in [-0.4, -0.2) is 29.8 Å². The van der Waals surface area contributed by atoms with Gasteiger partial charge in [0.25, 0.3) is 0 Å². The van der Waals surface area contributed by atoms with Gasteiger partial charge >= 0.3 is 6.09 Å². The molecule has 0 aliphatic carbocycles. The monoisotopic (exact) mass is 251 g/mol. The first-order valence-electron chi connectivity index (χ1n) is 6.05. The number of pyridine rings is 1. The number of nitrogens with zero attached hydrogens (tertiary/aromatic N) is 1. The Labute approximate surface area is 108 Å². The van der Waals surface area contributed by atoms with E-state index in [0.717, 1.165) is 5.69 Å². The van der Waals surface area contributed by atoms with Crippen molar-refractivity contribution in [3.8, 4) is 0 Å². The van der Waals surface area contributed by atoms with E-state index in [4.69, 9.17) is 4.74 Å². The minimum Gasteiger partial charge on any atom is -0.444 e. The lowest BCUT2D eigenvalue weighted by Crippen LogP contribution is -2.36. The summed E-state index contributed by atoms with van der Waals surface area (Å²) in [5, 5.41) is 5.87. The summed E-state index contributed by atoms with van der Waals surface area (Å²) in [6.07, 6.45) is 1.37. The molecule has 1 aromatic rings. The molecule has 2 N–H and O–H groups in total. The van der Waals surface area contributed by atoms with E-state index in [9.17, 15) is 4.79 Å². The maximum Gasteiger partial charge on any atom is 0.407 e. The molecule has 100 valence electrons. The van der Waals surface area contributed by atoms with Crippen LogP contribution in [-0.2, 0) is 11.3 Å². The van der Waals surface area contributed by atoms with E-state index in [1.165, 1.54) is 0 Å². The van der Waals surface area contributed by atoms with Crippen molar-refractivity contribution in [3.63, 3.8) is 0 Å². The quantitative estimate of drug-likeness (QED) is 0.782. The fourth-order valence-electron chi connectivity index (χ4n) is 1.29. The Balaban J connectivity index is 2.07. The van der Waals surface area contributed by atoms with E-state index in [1.807, 2.05) is 39.0 Å². The third-order valence-electron chi connectivity index (χ3n) is 2.00. The normalized spacial score (nSPS) is 11.1. The Kier molecular flexibility index (Phi) is 5.58. The summed E-state index contributed by atoms with van der Waals surface area (Å²) in [6, 6.07) is 5.78. The van der Waals surface area contributed by atoms with Gasteiger partial charge in [0, 0.05) is 25.8 Å². The van der Waals surface area contributed by atoms with Crippen LogP contribution in [0.25, 0.3) is 0 Å². The third-order valence-corrected chi connectivity index (χ3v) is 2.00. The Morgan fingerprint density at radius 1 is 1.33 bits per heavy atom. The highest BCUT2D eigenvalue weighted by atomic mass is 16.6. The number of ether oxygens (including phenoxy) is 1. The number of nitrogens with one attached hydrogen (secondary N) is 2. The number of rotatable bonds is 5. The topological polar surface area (TPSA) is 63.2 Å². The number of aromatic nitrogens is 1. The van der Waals surface area contributed by atoms with Gasteiger partial charge in [-0.2, -0.15) is 0 Å². The van der Waals surface area contributed by atoms with Gasteiger partial charge in [-0.15, -0.1) is 0 Å². The Morgan fingerprint density at radius 3 is 2.72 bits per heavy atom. The van der Waals surface area contributed by atoms with Gasteiger partial charge in [0.2, 0.25) is 0 Å². The third kappa shape index (κ3) is 6.85. The minimum atomic E-state index is -0.453. The molecule has 0 radical (unpaired) electrons. The summed E-state index contributed by atoms with van der Waals surface area (Å²) in [5.74, 6) is 0. The second-order valence-corrected chi connectivity index (χ2v) is 4.93. The lowest BCUT2D eigenvalue weighted by molar-refractivity contribution is 0.0528. The van der Waals surface area contributed by atoms with Gasteiger partial charge in [-0.3, -0.25) is 4.98 Å². The van der Waals surface area contributed by atoms with E-state index in [1.54, 1.807) is 6.20 Å². The van der Waals surface area contributed by atoms with Gasteiger partial charge < -0.3 is 15.4 Å². The van der Waals surface area contributed by atoms with Gasteiger partial charge in [-0.1, -0.05) is 6.07 Å². The molecule has 0 spiro atoms. The Morgan fingerprint density at radius 2 is 2.11 bits per heavy atom. The molecule has 0 aliphatic heterocycles. The molecule has 1 amide bonds. The molecule has 0 saturated carbocycles. The second-order valence-electron chi connectivity index (χ2n) is 4.93. The molecular formula is C13H21N3O2. The molecule has 0 aliphatic rings. The first-order valence-corrected chi connectivity index (χ1v) is 6.05. The molecule has 1 heterocycles. The summed E-state index contributed by atoms with van der Waals surface area (Å²) < 4.78 is 5.11. The van der Waals surface area contributed by atoms with Crippen LogP contribution < -0.4 is 10.6 Å². The Bertz CT molecular complexity index is 360. The Hall–Kier alpha value is -1.62. The van der Waals surface area contributed by atoms with Crippen LogP contribution in [0.4, 0.5) is 4.79 Å². The van der Waals surface area contributed by atoms with Crippen molar-refractivity contribution in [2.45, 2.75) is 32.9 Å². The van der Waals surface area contributed by atoms with E-state index in [2.05, 4.69) is 15.6 Å². The van der Waals surface area contributed by atoms with E-state index in [0.29, 0.717) is 19.6 Å². The SMILES string of the molecule is CC(C)(C)OC(=O)NCCNCc1ccccn1. The molecule has 0 atom stereocenters. The zero-order chi connectivity index (χ0) is 13.4. The highest BCUT2D eigenvalue weighted by Crippen LogP contribution is 2.05. The van der Waals surface area contributed by atoms with Crippen molar-refractivity contribution in [3.05, 3.63) is 30.1 Å². The van der Waals surface area contributed by atoms with Crippen LogP contribution in [0.1, 0.15) is 26.5 Å². The molecule has 5 heteroatoms. The number of carbonyl (C=O) groups excluding carboxylic acids is 1. The smallest absolute Gasteiger partial charge is 0.407 e. The van der Waals surface area contributed by atoms with Crippen LogP contribution >= 0.6 is 0 Å². The fourth-order valence-corrected chi connectivity index (χ4v) is 1.29. The molecule has 5 nitrogen and oxygen atoms in total. The van der Waals surface area contributed by atoms with Gasteiger partial charge in [-0.25, -0.2) is 4.79 Å². The van der Waals surface area contributed by atoms with E-state index < -0.39 is 5.60 Å². The zero-order valence-corrected chi connectivity index (χ0v) is 11.2. The molecule has 1 aromatic heterocycles. The van der Waals surface area contributed by atoms with Crippen molar-refractivity contribution < 1.29 is 9.53 Å². The molecule has 0 unspecified atom stereocenters. The molecule has 1 rings (SSSR count). The van der Waals surface area contributed by atoms with Crippen molar-refractivity contribution >= 4 is 6.09 Å². The first kappa shape index (κ1) is 14.4. The summed E-state index contributed by atoms with van der Waals surface area (Å²) in [6.45, 7) is 7.41. The largest absolute Gasteiger partial charge is 0.444 e. The lowest BCUT2D eigenvalue weighted by atomic mass is 10.2. The van der Waals surface area contributed by atoms with Crippen LogP contribution in [0.2, 0.25) is 0 Å². The molecule has 0 saturated heterocycles. The van der Waals surface area contributed by atoms with E-state index >= 15 is 0 Å². The molecular weight excluding hydrogens is 230 g/mol. The highest BCUT2D eigenvalue weighted by molar-refractivity contribution is 5.67. The maximum absolute atomic E-state index is 11.3. The predicted octanol–water partition coefficient (Wildman–Crippen LogP) is 1.70. The first-order chi connectivity index (χ1) is 8.47. The van der Waals surface area contributed by atoms with Gasteiger partial charge in [0.1, 0.15) is 5.60 Å². The summed E-state index contributed by atoms with van der Waals surface area (Å²) in [4.78, 5) is 15.5. The summed E-state index contributed by atoms with van der Waals surface area (Å²) >= 11 is 0. The van der Waals surface area contributed by atoms with Gasteiger partial charge in [0.15, 0.2) is 0 Å². The average Bonchev–Trinajstić information content (AvgIpc) is 2.27. The number of hydrogen-bond acceptors (Lipinski definition) is 4. The molecule has 0 fully saturated rings. The molecule has 0 aromatic carbocycles. The van der Waals surface area contributed by atoms with Crippen LogP contribution in [0, 0.1) is 0 Å². The van der Waals surface area contributed by atoms with Crippen LogP contribution in [0.5, 0.6) is 0 Å². The van der Waals surface area contributed by atoms with E-state index in [-0.39, 0.29) is 6.09 Å².